The molecule has 0 bridgehead atoms. The van der Waals surface area contributed by atoms with Crippen LogP contribution in [0.1, 0.15) is 32.6 Å². The first-order valence-electron chi connectivity index (χ1n) is 18.2. The molecule has 3 aromatic rings. The molecule has 3 N–H and O–H groups in total. The Labute approximate surface area is 318 Å². The van der Waals surface area contributed by atoms with E-state index in [0.29, 0.717) is 63.8 Å². The van der Waals surface area contributed by atoms with Gasteiger partial charge in [0.05, 0.1) is 57.9 Å². The van der Waals surface area contributed by atoms with Gasteiger partial charge in [-0.2, -0.15) is 10.2 Å². The van der Waals surface area contributed by atoms with Crippen molar-refractivity contribution in [1.29, 1.82) is 0 Å². The topological polar surface area (TPSA) is 217 Å². The number of morpholine rings is 2. The summed E-state index contributed by atoms with van der Waals surface area (Å²) >= 11 is 0. The number of aromatic nitrogens is 3. The van der Waals surface area contributed by atoms with Gasteiger partial charge >= 0.3 is 25.7 Å². The number of rotatable bonds is 16. The molecule has 0 aliphatic carbocycles. The van der Waals surface area contributed by atoms with Crippen LogP contribution in [0.5, 0.6) is 5.75 Å². The molecular formula is C35H48N7O12P. The molecule has 0 unspecified atom stereocenters. The SMILES string of the molecule is CC(C)OC(=O)[C@H](C)N[P@](=O)(OC[C@H]1O[C@@H](c2ccc3c(N)ncnn23)[C@H](OC(=O)CN2CCOCC2)[C@@H]1OC(=O)CN1CCOCC1)Oc1ccccc1. The number of fused-ring (bicyclic) bond motifs is 1. The van der Waals surface area contributed by atoms with Crippen LogP contribution in [-0.4, -0.2) is 145 Å². The van der Waals surface area contributed by atoms with Crippen molar-refractivity contribution in [3.8, 4) is 5.75 Å². The van der Waals surface area contributed by atoms with E-state index in [-0.39, 0.29) is 24.7 Å². The van der Waals surface area contributed by atoms with Gasteiger partial charge < -0.3 is 38.7 Å². The molecule has 6 atom stereocenters. The van der Waals surface area contributed by atoms with E-state index in [4.69, 9.17) is 43.2 Å². The molecule has 3 aliphatic heterocycles. The fraction of sp³-hybridized carbons (Fsp3) is 0.571. The first kappa shape index (κ1) is 40.5. The van der Waals surface area contributed by atoms with E-state index in [0.717, 1.165) is 0 Å². The zero-order valence-electron chi connectivity index (χ0n) is 31.0. The standard InChI is InChI=1S/C35H48N7O12P/c1-23(2)50-35(45)24(3)39-55(46,54-25-7-5-4-6-8-25)49-21-28-32(52-29(43)19-40-11-15-47-16-12-40)33(53-30(44)20-41-13-17-48-18-14-41)31(51-28)26-9-10-27-34(36)37-22-38-42(26)27/h4-10,22-24,28,31-33H,11-21H2,1-3H3,(H,39,46)(H2,36,37,38)/t24-,28+,31-,32+,33-,55-/m0/s1. The molecule has 0 spiro atoms. The molecule has 3 saturated heterocycles. The highest BCUT2D eigenvalue weighted by Crippen LogP contribution is 2.47. The van der Waals surface area contributed by atoms with Gasteiger partial charge in [-0.25, -0.2) is 14.1 Å². The second kappa shape index (κ2) is 18.6. The average Bonchev–Trinajstić information content (AvgIpc) is 3.73. The fourth-order valence-electron chi connectivity index (χ4n) is 6.33. The zero-order chi connectivity index (χ0) is 39.0. The second-order valence-electron chi connectivity index (χ2n) is 13.5. The summed E-state index contributed by atoms with van der Waals surface area (Å²) in [5, 5.41) is 7.01. The molecule has 5 heterocycles. The van der Waals surface area contributed by atoms with Crippen LogP contribution in [0.2, 0.25) is 0 Å². The van der Waals surface area contributed by atoms with Gasteiger partial charge in [0.1, 0.15) is 35.8 Å². The number of nitrogens with zero attached hydrogens (tertiary/aromatic N) is 5. The van der Waals surface area contributed by atoms with E-state index in [9.17, 15) is 18.9 Å². The number of para-hydroxylation sites is 1. The minimum absolute atomic E-state index is 0.0549. The molecule has 3 fully saturated rings. The number of nitrogens with one attached hydrogen (secondary N) is 1. The Morgan fingerprint density at radius 3 is 2.15 bits per heavy atom. The Kier molecular flexibility index (Phi) is 13.7. The third-order valence-electron chi connectivity index (χ3n) is 9.00. The maximum Gasteiger partial charge on any atom is 0.459 e. The van der Waals surface area contributed by atoms with Gasteiger partial charge in [-0.15, -0.1) is 0 Å². The van der Waals surface area contributed by atoms with Gasteiger partial charge in [0, 0.05) is 26.2 Å². The summed E-state index contributed by atoms with van der Waals surface area (Å²) < 4.78 is 62.8. The van der Waals surface area contributed by atoms with Crippen LogP contribution in [0.15, 0.2) is 48.8 Å². The normalized spacial score (nSPS) is 23.9. The number of hydrogen-bond donors (Lipinski definition) is 2. The molecule has 0 radical (unpaired) electrons. The number of benzene rings is 1. The molecule has 300 valence electrons. The molecule has 20 heteroatoms. The van der Waals surface area contributed by atoms with Crippen molar-refractivity contribution < 1.29 is 56.4 Å². The smallest absolute Gasteiger partial charge is 0.459 e. The van der Waals surface area contributed by atoms with E-state index in [1.165, 1.54) is 17.8 Å². The maximum atomic E-state index is 14.5. The number of anilines is 1. The van der Waals surface area contributed by atoms with Crippen molar-refractivity contribution in [3.63, 3.8) is 0 Å². The summed E-state index contributed by atoms with van der Waals surface area (Å²) in [7, 11) is -4.40. The van der Waals surface area contributed by atoms with Crippen molar-refractivity contribution in [2.24, 2.45) is 0 Å². The molecule has 0 saturated carbocycles. The lowest BCUT2D eigenvalue weighted by molar-refractivity contribution is -0.169. The molecule has 3 aliphatic rings. The highest BCUT2D eigenvalue weighted by Gasteiger charge is 2.52. The quantitative estimate of drug-likeness (QED) is 0.119. The average molecular weight is 790 g/mol. The van der Waals surface area contributed by atoms with Crippen LogP contribution in [0.25, 0.3) is 5.52 Å². The number of nitrogens with two attached hydrogens (primary N) is 1. The highest BCUT2D eigenvalue weighted by atomic mass is 31.2. The predicted octanol–water partition coefficient (Wildman–Crippen LogP) is 1.37. The fourth-order valence-corrected chi connectivity index (χ4v) is 7.83. The Bertz CT molecular complexity index is 1800. The lowest BCUT2D eigenvalue weighted by atomic mass is 10.1. The summed E-state index contributed by atoms with van der Waals surface area (Å²) in [6.07, 6.45) is -3.93. The highest BCUT2D eigenvalue weighted by molar-refractivity contribution is 7.52. The Hall–Kier alpha value is -4.20. The molecular weight excluding hydrogens is 741 g/mol. The van der Waals surface area contributed by atoms with Crippen LogP contribution >= 0.6 is 7.75 Å². The minimum Gasteiger partial charge on any atom is -0.462 e. The lowest BCUT2D eigenvalue weighted by Crippen LogP contribution is -2.46. The van der Waals surface area contributed by atoms with Crippen LogP contribution in [0.3, 0.4) is 0 Å². The van der Waals surface area contributed by atoms with Gasteiger partial charge in [-0.1, -0.05) is 18.2 Å². The maximum absolute atomic E-state index is 14.5. The summed E-state index contributed by atoms with van der Waals surface area (Å²) in [4.78, 5) is 47.8. The van der Waals surface area contributed by atoms with Crippen molar-refractivity contribution >= 4 is 37.0 Å². The lowest BCUT2D eigenvalue weighted by Gasteiger charge is -2.29. The van der Waals surface area contributed by atoms with E-state index < -0.39 is 68.8 Å². The van der Waals surface area contributed by atoms with Gasteiger partial charge in [-0.05, 0) is 45.0 Å². The van der Waals surface area contributed by atoms with E-state index >= 15 is 0 Å². The third kappa shape index (κ3) is 10.8. The Morgan fingerprint density at radius 1 is 0.909 bits per heavy atom. The molecule has 6 rings (SSSR count). The van der Waals surface area contributed by atoms with Crippen molar-refractivity contribution in [3.05, 3.63) is 54.5 Å². The molecule has 19 nitrogen and oxygen atoms in total. The van der Waals surface area contributed by atoms with Gasteiger partial charge in [0.2, 0.25) is 0 Å². The molecule has 55 heavy (non-hydrogen) atoms. The monoisotopic (exact) mass is 789 g/mol. The largest absolute Gasteiger partial charge is 0.462 e. The van der Waals surface area contributed by atoms with Crippen molar-refractivity contribution in [2.75, 3.05) is 78.0 Å². The van der Waals surface area contributed by atoms with Crippen LogP contribution < -0.4 is 15.3 Å². The third-order valence-corrected chi connectivity index (χ3v) is 10.6. The predicted molar refractivity (Wildman–Crippen MR) is 194 cm³/mol. The van der Waals surface area contributed by atoms with Gasteiger partial charge in [0.25, 0.3) is 0 Å². The summed E-state index contributed by atoms with van der Waals surface area (Å²) in [5.41, 5.74) is 7.02. The first-order valence-corrected chi connectivity index (χ1v) is 19.7. The van der Waals surface area contributed by atoms with Gasteiger partial charge in [0.15, 0.2) is 18.0 Å². The summed E-state index contributed by atoms with van der Waals surface area (Å²) in [6.45, 7) is 8.14. The van der Waals surface area contributed by atoms with Gasteiger partial charge in [-0.3, -0.25) is 28.7 Å². The van der Waals surface area contributed by atoms with Crippen LogP contribution in [0.4, 0.5) is 5.82 Å². The number of esters is 3. The van der Waals surface area contributed by atoms with Crippen molar-refractivity contribution in [1.82, 2.24) is 29.5 Å². The van der Waals surface area contributed by atoms with Crippen LogP contribution in [-0.2, 0) is 51.9 Å². The molecule has 1 aromatic carbocycles. The summed E-state index contributed by atoms with van der Waals surface area (Å²) in [5.74, 6) is -1.51. The van der Waals surface area contributed by atoms with Crippen LogP contribution in [0, 0.1) is 0 Å². The van der Waals surface area contributed by atoms with E-state index in [1.807, 2.05) is 9.80 Å². The number of hydrogen-bond acceptors (Lipinski definition) is 17. The van der Waals surface area contributed by atoms with Crippen molar-refractivity contribution in [2.45, 2.75) is 57.3 Å². The Balaban J connectivity index is 1.31. The number of carbonyl (C=O) groups excluding carboxylic acids is 3. The molecule has 0 amide bonds. The number of ether oxygens (including phenoxy) is 6. The second-order valence-corrected chi connectivity index (χ2v) is 15.2. The Morgan fingerprint density at radius 2 is 1.53 bits per heavy atom. The van der Waals surface area contributed by atoms with E-state index in [2.05, 4.69) is 15.2 Å². The summed E-state index contributed by atoms with van der Waals surface area (Å²) in [6, 6.07) is 10.5. The minimum atomic E-state index is -4.40. The van der Waals surface area contributed by atoms with E-state index in [1.54, 1.807) is 56.3 Å². The number of carbonyl (C=O) groups is 3. The molecule has 2 aromatic heterocycles. The number of nitrogen functional groups attached to an aromatic ring is 1. The first-order chi connectivity index (χ1) is 26.5. The zero-order valence-corrected chi connectivity index (χ0v) is 31.9.